The molecular weight excluding hydrogens is 282 g/mol. The molecule has 1 rings (SSSR count). The molecule has 1 aromatic rings. The van der Waals surface area contributed by atoms with Crippen molar-refractivity contribution in [2.45, 2.75) is 46.1 Å². The van der Waals surface area contributed by atoms with Crippen LogP contribution in [0.3, 0.4) is 0 Å². The van der Waals surface area contributed by atoms with E-state index >= 15 is 0 Å². The van der Waals surface area contributed by atoms with Gasteiger partial charge in [0.1, 0.15) is 0 Å². The molecule has 1 N–H and O–H groups in total. The van der Waals surface area contributed by atoms with Gasteiger partial charge in [-0.15, -0.1) is 11.3 Å². The fourth-order valence-corrected chi connectivity index (χ4v) is 3.45. The van der Waals surface area contributed by atoms with Crippen LogP contribution >= 0.6 is 27.3 Å². The van der Waals surface area contributed by atoms with Crippen molar-refractivity contribution in [2.75, 3.05) is 6.54 Å². The molecule has 16 heavy (non-hydrogen) atoms. The van der Waals surface area contributed by atoms with E-state index in [1.165, 1.54) is 22.2 Å². The van der Waals surface area contributed by atoms with Crippen molar-refractivity contribution in [3.8, 4) is 0 Å². The first-order chi connectivity index (χ1) is 7.63. The molecule has 0 saturated carbocycles. The Labute approximate surface area is 112 Å². The van der Waals surface area contributed by atoms with Crippen LogP contribution < -0.4 is 5.32 Å². The van der Waals surface area contributed by atoms with Crippen LogP contribution in [0.5, 0.6) is 0 Å². The summed E-state index contributed by atoms with van der Waals surface area (Å²) in [5.41, 5.74) is 0. The summed E-state index contributed by atoms with van der Waals surface area (Å²) in [6, 6.07) is 2.77. The van der Waals surface area contributed by atoms with Gasteiger partial charge in [-0.2, -0.15) is 0 Å². The minimum Gasteiger partial charge on any atom is -0.314 e. The van der Waals surface area contributed by atoms with Gasteiger partial charge >= 0.3 is 0 Å². The maximum Gasteiger partial charge on any atom is 0.0314 e. The van der Waals surface area contributed by atoms with E-state index in [1.807, 2.05) is 11.3 Å². The van der Waals surface area contributed by atoms with Gasteiger partial charge in [-0.1, -0.05) is 20.8 Å². The number of halogens is 1. The number of hydrogen-bond donors (Lipinski definition) is 1. The molecular formula is C13H22BrNS. The molecule has 0 spiro atoms. The monoisotopic (exact) mass is 303 g/mol. The molecule has 0 aliphatic heterocycles. The SMILES string of the molecule is CCCNC(Cc1sccc1Br)CC(C)C. The molecule has 0 aliphatic rings. The predicted molar refractivity (Wildman–Crippen MR) is 77.3 cm³/mol. The Morgan fingerprint density at radius 3 is 2.69 bits per heavy atom. The maximum atomic E-state index is 3.65. The highest BCUT2D eigenvalue weighted by molar-refractivity contribution is 9.10. The third-order valence-corrected chi connectivity index (χ3v) is 4.51. The third-order valence-electron chi connectivity index (χ3n) is 2.56. The van der Waals surface area contributed by atoms with E-state index in [2.05, 4.69) is 53.5 Å². The molecule has 0 saturated heterocycles. The van der Waals surface area contributed by atoms with Gasteiger partial charge in [0, 0.05) is 15.4 Å². The average molecular weight is 304 g/mol. The zero-order chi connectivity index (χ0) is 12.0. The molecule has 0 aromatic carbocycles. The van der Waals surface area contributed by atoms with E-state index in [-0.39, 0.29) is 0 Å². The van der Waals surface area contributed by atoms with Crippen molar-refractivity contribution in [1.82, 2.24) is 5.32 Å². The smallest absolute Gasteiger partial charge is 0.0314 e. The minimum absolute atomic E-state index is 0.620. The van der Waals surface area contributed by atoms with Crippen LogP contribution in [-0.4, -0.2) is 12.6 Å². The van der Waals surface area contributed by atoms with Crippen LogP contribution in [0.1, 0.15) is 38.5 Å². The van der Waals surface area contributed by atoms with Gasteiger partial charge in [0.15, 0.2) is 0 Å². The third kappa shape index (κ3) is 4.98. The van der Waals surface area contributed by atoms with Crippen molar-refractivity contribution in [1.29, 1.82) is 0 Å². The lowest BCUT2D eigenvalue weighted by molar-refractivity contribution is 0.417. The Morgan fingerprint density at radius 1 is 1.44 bits per heavy atom. The molecule has 0 fully saturated rings. The van der Waals surface area contributed by atoms with Crippen LogP contribution in [-0.2, 0) is 6.42 Å². The summed E-state index contributed by atoms with van der Waals surface area (Å²) in [6.45, 7) is 7.94. The van der Waals surface area contributed by atoms with Crippen LogP contribution in [0.4, 0.5) is 0 Å². The summed E-state index contributed by atoms with van der Waals surface area (Å²) in [7, 11) is 0. The summed E-state index contributed by atoms with van der Waals surface area (Å²) in [5.74, 6) is 0.757. The molecule has 0 aliphatic carbocycles. The molecule has 1 heterocycles. The Hall–Kier alpha value is 0.140. The number of thiophene rings is 1. The lowest BCUT2D eigenvalue weighted by Gasteiger charge is -2.20. The van der Waals surface area contributed by atoms with Gasteiger partial charge in [0.2, 0.25) is 0 Å². The highest BCUT2D eigenvalue weighted by Crippen LogP contribution is 2.25. The van der Waals surface area contributed by atoms with Crippen LogP contribution in [0.2, 0.25) is 0 Å². The molecule has 0 bridgehead atoms. The van der Waals surface area contributed by atoms with Crippen molar-refractivity contribution < 1.29 is 0 Å². The summed E-state index contributed by atoms with van der Waals surface area (Å²) >= 11 is 5.46. The number of rotatable bonds is 7. The molecule has 92 valence electrons. The van der Waals surface area contributed by atoms with Gasteiger partial charge in [0.05, 0.1) is 0 Å². The second-order valence-electron chi connectivity index (χ2n) is 4.68. The Bertz CT molecular complexity index is 296. The second-order valence-corrected chi connectivity index (χ2v) is 6.53. The first-order valence-corrected chi connectivity index (χ1v) is 7.76. The highest BCUT2D eigenvalue weighted by Gasteiger charge is 2.13. The standard InChI is InChI=1S/C13H22BrNS/c1-4-6-15-11(8-10(2)3)9-13-12(14)5-7-16-13/h5,7,10-11,15H,4,6,8-9H2,1-3H3. The fraction of sp³-hybridized carbons (Fsp3) is 0.692. The lowest BCUT2D eigenvalue weighted by atomic mass is 10.0. The first-order valence-electron chi connectivity index (χ1n) is 6.08. The largest absolute Gasteiger partial charge is 0.314 e. The van der Waals surface area contributed by atoms with Crippen LogP contribution in [0, 0.1) is 5.92 Å². The van der Waals surface area contributed by atoms with Crippen LogP contribution in [0.25, 0.3) is 0 Å². The van der Waals surface area contributed by atoms with Crippen molar-refractivity contribution in [2.24, 2.45) is 5.92 Å². The van der Waals surface area contributed by atoms with E-state index in [0.29, 0.717) is 6.04 Å². The van der Waals surface area contributed by atoms with Gasteiger partial charge in [-0.3, -0.25) is 0 Å². The maximum absolute atomic E-state index is 3.65. The lowest BCUT2D eigenvalue weighted by Crippen LogP contribution is -2.32. The second kappa shape index (κ2) is 7.46. The summed E-state index contributed by atoms with van der Waals surface area (Å²) in [5, 5.41) is 5.81. The van der Waals surface area contributed by atoms with Crippen molar-refractivity contribution >= 4 is 27.3 Å². The zero-order valence-corrected chi connectivity index (χ0v) is 12.8. The minimum atomic E-state index is 0.620. The summed E-state index contributed by atoms with van der Waals surface area (Å²) < 4.78 is 1.27. The summed E-state index contributed by atoms with van der Waals surface area (Å²) in [6.07, 6.45) is 3.61. The van der Waals surface area contributed by atoms with E-state index in [9.17, 15) is 0 Å². The highest BCUT2D eigenvalue weighted by atomic mass is 79.9. The van der Waals surface area contributed by atoms with E-state index < -0.39 is 0 Å². The quantitative estimate of drug-likeness (QED) is 0.784. The van der Waals surface area contributed by atoms with Crippen LogP contribution in [0.15, 0.2) is 15.9 Å². The molecule has 0 radical (unpaired) electrons. The van der Waals surface area contributed by atoms with E-state index in [4.69, 9.17) is 0 Å². The molecule has 1 aromatic heterocycles. The molecule has 1 nitrogen and oxygen atoms in total. The topological polar surface area (TPSA) is 12.0 Å². The van der Waals surface area contributed by atoms with Gasteiger partial charge in [0.25, 0.3) is 0 Å². The first kappa shape index (κ1) is 14.2. The Kier molecular flexibility index (Phi) is 6.62. The fourth-order valence-electron chi connectivity index (χ4n) is 1.85. The summed E-state index contributed by atoms with van der Waals surface area (Å²) in [4.78, 5) is 1.47. The van der Waals surface area contributed by atoms with E-state index in [0.717, 1.165) is 18.9 Å². The van der Waals surface area contributed by atoms with Crippen molar-refractivity contribution in [3.05, 3.63) is 20.8 Å². The van der Waals surface area contributed by atoms with E-state index in [1.54, 1.807) is 0 Å². The van der Waals surface area contributed by atoms with Gasteiger partial charge in [-0.25, -0.2) is 0 Å². The number of nitrogens with one attached hydrogen (secondary N) is 1. The Balaban J connectivity index is 2.52. The normalized spacial score (nSPS) is 13.3. The van der Waals surface area contributed by atoms with Gasteiger partial charge in [-0.05, 0) is 59.1 Å². The number of hydrogen-bond acceptors (Lipinski definition) is 2. The average Bonchev–Trinajstić information content (AvgIpc) is 2.60. The van der Waals surface area contributed by atoms with Gasteiger partial charge < -0.3 is 5.32 Å². The Morgan fingerprint density at radius 2 is 2.19 bits per heavy atom. The molecule has 1 unspecified atom stereocenters. The molecule has 1 atom stereocenters. The molecule has 0 amide bonds. The van der Waals surface area contributed by atoms with Crippen molar-refractivity contribution in [3.63, 3.8) is 0 Å². The predicted octanol–water partition coefficient (Wildman–Crippen LogP) is 4.47. The zero-order valence-electron chi connectivity index (χ0n) is 10.4. The molecule has 3 heteroatoms.